The van der Waals surface area contributed by atoms with E-state index in [0.717, 1.165) is 16.1 Å². The van der Waals surface area contributed by atoms with Crippen molar-refractivity contribution < 1.29 is 14.6 Å². The van der Waals surface area contributed by atoms with Crippen LogP contribution in [0.2, 0.25) is 15.1 Å². The van der Waals surface area contributed by atoms with Crippen molar-refractivity contribution in [1.82, 2.24) is 4.98 Å². The highest BCUT2D eigenvalue weighted by Gasteiger charge is 2.10. The van der Waals surface area contributed by atoms with Crippen molar-refractivity contribution in [1.29, 1.82) is 0 Å². The van der Waals surface area contributed by atoms with Gasteiger partial charge in [-0.15, -0.1) is 11.3 Å². The molecule has 3 rings (SSSR count). The van der Waals surface area contributed by atoms with E-state index in [1.54, 1.807) is 17.5 Å². The topological polar surface area (TPSA) is 62.2 Å². The van der Waals surface area contributed by atoms with Gasteiger partial charge in [-0.1, -0.05) is 59.1 Å². The highest BCUT2D eigenvalue weighted by molar-refractivity contribution is 7.13. The molecule has 0 saturated carbocycles. The molecule has 0 saturated heterocycles. The van der Waals surface area contributed by atoms with Crippen molar-refractivity contribution in [3.8, 4) is 16.3 Å². The van der Waals surface area contributed by atoms with E-state index in [1.165, 1.54) is 11.3 Å². The molecule has 134 valence electrons. The fourth-order valence-corrected chi connectivity index (χ4v) is 3.99. The Morgan fingerprint density at radius 2 is 1.77 bits per heavy atom. The number of carbonyl (C=O) groups excluding carboxylic acids is 1. The molecule has 0 atom stereocenters. The summed E-state index contributed by atoms with van der Waals surface area (Å²) >= 11 is 19.5. The molecule has 0 aliphatic heterocycles. The lowest BCUT2D eigenvalue weighted by Crippen LogP contribution is -2.24. The van der Waals surface area contributed by atoms with Crippen molar-refractivity contribution in [3.05, 3.63) is 68.1 Å². The van der Waals surface area contributed by atoms with Gasteiger partial charge in [-0.05, 0) is 17.7 Å². The van der Waals surface area contributed by atoms with Gasteiger partial charge in [0.2, 0.25) is 0 Å². The predicted octanol–water partition coefficient (Wildman–Crippen LogP) is 4.64. The van der Waals surface area contributed by atoms with Gasteiger partial charge in [0, 0.05) is 28.4 Å². The number of halogens is 3. The van der Waals surface area contributed by atoms with Crippen LogP contribution in [0.15, 0.2) is 41.8 Å². The van der Waals surface area contributed by atoms with Crippen LogP contribution < -0.4 is 9.84 Å². The zero-order chi connectivity index (χ0) is 18.7. The molecule has 0 bridgehead atoms. The number of thiazole rings is 1. The predicted molar refractivity (Wildman–Crippen MR) is 102 cm³/mol. The second kappa shape index (κ2) is 8.27. The minimum absolute atomic E-state index is 0.189. The van der Waals surface area contributed by atoms with E-state index in [1.807, 2.05) is 24.3 Å². The Kier molecular flexibility index (Phi) is 6.04. The number of hydrogen-bond donors (Lipinski definition) is 0. The van der Waals surface area contributed by atoms with Gasteiger partial charge in [0.25, 0.3) is 0 Å². The lowest BCUT2D eigenvalue weighted by molar-refractivity contribution is -0.304. The molecule has 1 aromatic heterocycles. The third-order valence-corrected chi connectivity index (χ3v) is 5.14. The SMILES string of the molecule is O=C([O-])Cc1csc(-c2ccc(COc3c(Cl)cc(Cl)cc3Cl)cc2)n1. The summed E-state index contributed by atoms with van der Waals surface area (Å²) in [6.45, 7) is 0.287. The fourth-order valence-electron chi connectivity index (χ4n) is 2.23. The summed E-state index contributed by atoms with van der Waals surface area (Å²) in [6.07, 6.45) is -0.189. The summed E-state index contributed by atoms with van der Waals surface area (Å²) in [4.78, 5) is 14.9. The zero-order valence-corrected chi connectivity index (χ0v) is 16.3. The Balaban J connectivity index is 1.68. The monoisotopic (exact) mass is 426 g/mol. The highest BCUT2D eigenvalue weighted by Crippen LogP contribution is 2.36. The lowest BCUT2D eigenvalue weighted by Gasteiger charge is -2.10. The van der Waals surface area contributed by atoms with Crippen LogP contribution >= 0.6 is 46.1 Å². The molecule has 8 heteroatoms. The Hall–Kier alpha value is -1.79. The van der Waals surface area contributed by atoms with Gasteiger partial charge < -0.3 is 14.6 Å². The van der Waals surface area contributed by atoms with E-state index in [0.29, 0.717) is 26.5 Å². The van der Waals surface area contributed by atoms with E-state index in [-0.39, 0.29) is 13.0 Å². The van der Waals surface area contributed by atoms with Crippen LogP contribution in [0.5, 0.6) is 5.75 Å². The molecule has 1 heterocycles. The molecule has 2 aromatic carbocycles. The smallest absolute Gasteiger partial charge is 0.157 e. The van der Waals surface area contributed by atoms with Crippen LogP contribution in [0, 0.1) is 0 Å². The minimum atomic E-state index is -1.14. The van der Waals surface area contributed by atoms with Crippen LogP contribution in [-0.4, -0.2) is 11.0 Å². The summed E-state index contributed by atoms with van der Waals surface area (Å²) in [5.41, 5.74) is 2.30. The number of rotatable bonds is 6. The first kappa shape index (κ1) is 19.0. The molecule has 4 nitrogen and oxygen atoms in total. The Labute approximate surface area is 168 Å². The third-order valence-electron chi connectivity index (χ3n) is 3.42. The van der Waals surface area contributed by atoms with E-state index < -0.39 is 5.97 Å². The number of carboxylic acids is 1. The molecule has 26 heavy (non-hydrogen) atoms. The maximum absolute atomic E-state index is 10.6. The molecule has 0 N–H and O–H groups in total. The average Bonchev–Trinajstić information content (AvgIpc) is 3.02. The molecule has 0 fully saturated rings. The second-order valence-corrected chi connectivity index (χ2v) is 7.49. The zero-order valence-electron chi connectivity index (χ0n) is 13.2. The van der Waals surface area contributed by atoms with E-state index >= 15 is 0 Å². The van der Waals surface area contributed by atoms with E-state index in [4.69, 9.17) is 39.5 Å². The van der Waals surface area contributed by atoms with Crippen LogP contribution in [-0.2, 0) is 17.8 Å². The second-order valence-electron chi connectivity index (χ2n) is 5.38. The number of benzene rings is 2. The van der Waals surface area contributed by atoms with Crippen molar-refractivity contribution in [2.24, 2.45) is 0 Å². The first-order valence-electron chi connectivity index (χ1n) is 7.43. The van der Waals surface area contributed by atoms with E-state index in [2.05, 4.69) is 4.98 Å². The Bertz CT molecular complexity index is 918. The molecular weight excluding hydrogens is 417 g/mol. The quantitative estimate of drug-likeness (QED) is 0.575. The first-order chi connectivity index (χ1) is 12.4. The number of ether oxygens (including phenoxy) is 1. The number of nitrogens with zero attached hydrogens (tertiary/aromatic N) is 1. The standard InChI is InChI=1S/C18H12Cl3NO3S/c19-12-5-14(20)17(15(21)6-12)25-8-10-1-3-11(4-2-10)18-22-13(9-26-18)7-16(23)24/h1-6,9H,7-8H2,(H,23,24)/p-1. The maximum atomic E-state index is 10.6. The van der Waals surface area contributed by atoms with Crippen molar-refractivity contribution in [3.63, 3.8) is 0 Å². The summed E-state index contributed by atoms with van der Waals surface area (Å²) < 4.78 is 5.69. The molecule has 0 aliphatic rings. The van der Waals surface area contributed by atoms with Gasteiger partial charge in [-0.2, -0.15) is 0 Å². The third kappa shape index (κ3) is 4.68. The number of hydrogen-bond acceptors (Lipinski definition) is 5. The number of aliphatic carboxylic acids is 1. The van der Waals surface area contributed by atoms with Crippen LogP contribution in [0.1, 0.15) is 11.3 Å². The average molecular weight is 428 g/mol. The largest absolute Gasteiger partial charge is 0.550 e. The molecule has 0 radical (unpaired) electrons. The van der Waals surface area contributed by atoms with Crippen molar-refractivity contribution >= 4 is 52.1 Å². The molecule has 0 amide bonds. The van der Waals surface area contributed by atoms with Crippen molar-refractivity contribution in [2.75, 3.05) is 0 Å². The van der Waals surface area contributed by atoms with Crippen LogP contribution in [0.4, 0.5) is 0 Å². The van der Waals surface area contributed by atoms with Crippen molar-refractivity contribution in [2.45, 2.75) is 13.0 Å². The summed E-state index contributed by atoms with van der Waals surface area (Å²) in [7, 11) is 0. The molecular formula is C18H11Cl3NO3S-. The number of carbonyl (C=O) groups is 1. The van der Waals surface area contributed by atoms with Gasteiger partial charge in [-0.25, -0.2) is 4.98 Å². The van der Waals surface area contributed by atoms with Crippen LogP contribution in [0.25, 0.3) is 10.6 Å². The molecule has 0 unspecified atom stereocenters. The van der Waals surface area contributed by atoms with Gasteiger partial charge in [0.15, 0.2) is 5.75 Å². The van der Waals surface area contributed by atoms with Gasteiger partial charge >= 0.3 is 0 Å². The minimum Gasteiger partial charge on any atom is -0.550 e. The number of carboxylic acid groups (broad SMARTS) is 1. The summed E-state index contributed by atoms with van der Waals surface area (Å²) in [5, 5.41) is 14.2. The Morgan fingerprint density at radius 1 is 1.12 bits per heavy atom. The normalized spacial score (nSPS) is 10.7. The molecule has 0 spiro atoms. The number of aromatic nitrogens is 1. The van der Waals surface area contributed by atoms with Crippen LogP contribution in [0.3, 0.4) is 0 Å². The lowest BCUT2D eigenvalue weighted by atomic mass is 10.1. The van der Waals surface area contributed by atoms with Gasteiger partial charge in [0.05, 0.1) is 15.7 Å². The Morgan fingerprint density at radius 3 is 2.38 bits per heavy atom. The molecule has 3 aromatic rings. The highest BCUT2D eigenvalue weighted by atomic mass is 35.5. The van der Waals surface area contributed by atoms with Gasteiger partial charge in [-0.3, -0.25) is 0 Å². The molecule has 0 aliphatic carbocycles. The van der Waals surface area contributed by atoms with E-state index in [9.17, 15) is 9.90 Å². The fraction of sp³-hybridized carbons (Fsp3) is 0.111. The maximum Gasteiger partial charge on any atom is 0.157 e. The van der Waals surface area contributed by atoms with Gasteiger partial charge in [0.1, 0.15) is 11.6 Å². The summed E-state index contributed by atoms with van der Waals surface area (Å²) in [6, 6.07) is 10.7. The first-order valence-corrected chi connectivity index (χ1v) is 9.44. The summed E-state index contributed by atoms with van der Waals surface area (Å²) in [5.74, 6) is -0.762.